The highest BCUT2D eigenvalue weighted by atomic mass is 16.2. The van der Waals surface area contributed by atoms with Crippen molar-refractivity contribution >= 4 is 22.6 Å². The molecule has 1 unspecified atom stereocenters. The van der Waals surface area contributed by atoms with Crippen LogP contribution in [0.4, 0.5) is 0 Å². The molecule has 1 atom stereocenters. The fourth-order valence-corrected chi connectivity index (χ4v) is 3.74. The Bertz CT molecular complexity index is 996. The predicted octanol–water partition coefficient (Wildman–Crippen LogP) is 3.76. The number of aryl methyl sites for hydroxylation is 1. The third-order valence-electron chi connectivity index (χ3n) is 5.13. The van der Waals surface area contributed by atoms with Gasteiger partial charge in [-0.05, 0) is 53.3 Å². The topological polar surface area (TPSA) is 58.2 Å². The summed E-state index contributed by atoms with van der Waals surface area (Å²) < 4.78 is 0. The monoisotopic (exact) mass is 358 g/mol. The molecule has 1 aliphatic rings. The SMILES string of the molecule is O=C(CNC(=O)c1ccc2ccccc2c1)NC1CCCc2ccccc21. The summed E-state index contributed by atoms with van der Waals surface area (Å²) in [5.41, 5.74) is 3.05. The van der Waals surface area contributed by atoms with Crippen LogP contribution in [0.2, 0.25) is 0 Å². The highest BCUT2D eigenvalue weighted by Crippen LogP contribution is 2.29. The van der Waals surface area contributed by atoms with E-state index in [0.717, 1.165) is 30.0 Å². The van der Waals surface area contributed by atoms with Crippen molar-refractivity contribution in [2.24, 2.45) is 0 Å². The molecule has 0 saturated heterocycles. The van der Waals surface area contributed by atoms with Crippen LogP contribution in [-0.2, 0) is 11.2 Å². The van der Waals surface area contributed by atoms with Crippen LogP contribution in [0.3, 0.4) is 0 Å². The van der Waals surface area contributed by atoms with E-state index in [4.69, 9.17) is 0 Å². The summed E-state index contributed by atoms with van der Waals surface area (Å²) in [6.45, 7) is -0.0235. The minimum atomic E-state index is -0.236. The van der Waals surface area contributed by atoms with Crippen LogP contribution in [0.1, 0.15) is 40.4 Å². The van der Waals surface area contributed by atoms with E-state index in [9.17, 15) is 9.59 Å². The van der Waals surface area contributed by atoms with Gasteiger partial charge in [-0.3, -0.25) is 9.59 Å². The molecule has 0 heterocycles. The molecule has 4 rings (SSSR count). The molecule has 0 saturated carbocycles. The highest BCUT2D eigenvalue weighted by molar-refractivity contribution is 6.00. The zero-order valence-corrected chi connectivity index (χ0v) is 15.1. The van der Waals surface area contributed by atoms with Crippen molar-refractivity contribution in [3.05, 3.63) is 83.4 Å². The summed E-state index contributed by atoms with van der Waals surface area (Å²) in [4.78, 5) is 24.7. The van der Waals surface area contributed by atoms with Gasteiger partial charge in [0, 0.05) is 5.56 Å². The number of hydrogen-bond donors (Lipinski definition) is 2. The summed E-state index contributed by atoms with van der Waals surface area (Å²) in [6, 6.07) is 21.7. The molecule has 2 amide bonds. The number of benzene rings is 3. The first-order chi connectivity index (χ1) is 13.2. The van der Waals surface area contributed by atoms with Crippen molar-refractivity contribution in [2.75, 3.05) is 6.54 Å². The van der Waals surface area contributed by atoms with Gasteiger partial charge in [-0.1, -0.05) is 54.6 Å². The number of carbonyl (C=O) groups excluding carboxylic acids is 2. The number of carbonyl (C=O) groups is 2. The van der Waals surface area contributed by atoms with Crippen molar-refractivity contribution in [1.82, 2.24) is 10.6 Å². The second kappa shape index (κ2) is 7.62. The second-order valence-electron chi connectivity index (χ2n) is 6.96. The minimum absolute atomic E-state index is 0.0235. The lowest BCUT2D eigenvalue weighted by molar-refractivity contribution is -0.121. The lowest BCUT2D eigenvalue weighted by Gasteiger charge is -2.26. The number of rotatable bonds is 4. The fraction of sp³-hybridized carbons (Fsp3) is 0.217. The number of fused-ring (bicyclic) bond motifs is 2. The van der Waals surface area contributed by atoms with E-state index in [-0.39, 0.29) is 24.4 Å². The van der Waals surface area contributed by atoms with Crippen LogP contribution in [0.15, 0.2) is 66.7 Å². The molecular weight excluding hydrogens is 336 g/mol. The van der Waals surface area contributed by atoms with Crippen LogP contribution in [0.25, 0.3) is 10.8 Å². The normalized spacial score (nSPS) is 15.8. The van der Waals surface area contributed by atoms with Gasteiger partial charge in [-0.2, -0.15) is 0 Å². The van der Waals surface area contributed by atoms with Gasteiger partial charge in [0.25, 0.3) is 5.91 Å². The summed E-state index contributed by atoms with van der Waals surface area (Å²) in [7, 11) is 0. The quantitative estimate of drug-likeness (QED) is 0.746. The predicted molar refractivity (Wildman–Crippen MR) is 107 cm³/mol. The summed E-state index contributed by atoms with van der Waals surface area (Å²) in [6.07, 6.45) is 3.05. The minimum Gasteiger partial charge on any atom is -0.348 e. The Hall–Kier alpha value is -3.14. The Morgan fingerprint density at radius 3 is 2.59 bits per heavy atom. The zero-order chi connectivity index (χ0) is 18.6. The number of nitrogens with one attached hydrogen (secondary N) is 2. The number of hydrogen-bond acceptors (Lipinski definition) is 2. The van der Waals surface area contributed by atoms with Crippen molar-refractivity contribution in [3.63, 3.8) is 0 Å². The van der Waals surface area contributed by atoms with Gasteiger partial charge in [0.2, 0.25) is 5.91 Å². The van der Waals surface area contributed by atoms with E-state index in [2.05, 4.69) is 22.8 Å². The van der Waals surface area contributed by atoms with E-state index in [1.807, 2.05) is 48.5 Å². The first-order valence-electron chi connectivity index (χ1n) is 9.35. The standard InChI is InChI=1S/C23H22N2O2/c26-22(25-21-11-5-9-17-7-3-4-10-20(17)21)15-24-23(27)19-13-12-16-6-1-2-8-18(16)14-19/h1-4,6-8,10,12-14,21H,5,9,11,15H2,(H,24,27)(H,25,26). The van der Waals surface area contributed by atoms with Crippen LogP contribution in [0, 0.1) is 0 Å². The maximum absolute atomic E-state index is 12.4. The first kappa shape index (κ1) is 17.3. The largest absolute Gasteiger partial charge is 0.348 e. The van der Waals surface area contributed by atoms with Gasteiger partial charge in [-0.15, -0.1) is 0 Å². The van der Waals surface area contributed by atoms with Gasteiger partial charge >= 0.3 is 0 Å². The van der Waals surface area contributed by atoms with E-state index in [1.165, 1.54) is 11.1 Å². The Kier molecular flexibility index (Phi) is 4.88. The fourth-order valence-electron chi connectivity index (χ4n) is 3.74. The molecule has 0 aromatic heterocycles. The molecule has 3 aromatic rings. The van der Waals surface area contributed by atoms with E-state index in [0.29, 0.717) is 5.56 Å². The van der Waals surface area contributed by atoms with Crippen molar-refractivity contribution in [2.45, 2.75) is 25.3 Å². The highest BCUT2D eigenvalue weighted by Gasteiger charge is 2.21. The lowest BCUT2D eigenvalue weighted by atomic mass is 9.88. The Labute approximate surface area is 158 Å². The molecule has 27 heavy (non-hydrogen) atoms. The van der Waals surface area contributed by atoms with Crippen LogP contribution >= 0.6 is 0 Å². The van der Waals surface area contributed by atoms with Crippen molar-refractivity contribution < 1.29 is 9.59 Å². The molecule has 0 fully saturated rings. The van der Waals surface area contributed by atoms with Crippen LogP contribution < -0.4 is 10.6 Å². The molecule has 136 valence electrons. The molecule has 2 N–H and O–H groups in total. The van der Waals surface area contributed by atoms with Crippen molar-refractivity contribution in [3.8, 4) is 0 Å². The lowest BCUT2D eigenvalue weighted by Crippen LogP contribution is -2.39. The first-order valence-corrected chi connectivity index (χ1v) is 9.35. The maximum Gasteiger partial charge on any atom is 0.251 e. The average molecular weight is 358 g/mol. The molecule has 4 heteroatoms. The van der Waals surface area contributed by atoms with E-state index >= 15 is 0 Å². The molecule has 0 bridgehead atoms. The van der Waals surface area contributed by atoms with Gasteiger partial charge in [0.1, 0.15) is 0 Å². The van der Waals surface area contributed by atoms with Gasteiger partial charge < -0.3 is 10.6 Å². The Balaban J connectivity index is 1.37. The Morgan fingerprint density at radius 2 is 1.70 bits per heavy atom. The van der Waals surface area contributed by atoms with Gasteiger partial charge in [0.15, 0.2) is 0 Å². The van der Waals surface area contributed by atoms with E-state index in [1.54, 1.807) is 6.07 Å². The zero-order valence-electron chi connectivity index (χ0n) is 15.1. The molecule has 0 spiro atoms. The summed E-state index contributed by atoms with van der Waals surface area (Å²) in [5, 5.41) is 7.88. The molecular formula is C23H22N2O2. The number of amides is 2. The Morgan fingerprint density at radius 1 is 0.926 bits per heavy atom. The third-order valence-corrected chi connectivity index (χ3v) is 5.13. The van der Waals surface area contributed by atoms with Crippen molar-refractivity contribution in [1.29, 1.82) is 0 Å². The van der Waals surface area contributed by atoms with Crippen LogP contribution in [-0.4, -0.2) is 18.4 Å². The second-order valence-corrected chi connectivity index (χ2v) is 6.96. The molecule has 0 radical (unpaired) electrons. The molecule has 3 aromatic carbocycles. The smallest absolute Gasteiger partial charge is 0.251 e. The summed E-state index contributed by atoms with van der Waals surface area (Å²) in [5.74, 6) is -0.397. The maximum atomic E-state index is 12.4. The molecule has 4 nitrogen and oxygen atoms in total. The molecule has 1 aliphatic carbocycles. The van der Waals surface area contributed by atoms with E-state index < -0.39 is 0 Å². The summed E-state index contributed by atoms with van der Waals surface area (Å²) >= 11 is 0. The average Bonchev–Trinajstić information content (AvgIpc) is 2.72. The molecule has 0 aliphatic heterocycles. The van der Waals surface area contributed by atoms with Gasteiger partial charge in [0.05, 0.1) is 12.6 Å². The van der Waals surface area contributed by atoms with Gasteiger partial charge in [-0.25, -0.2) is 0 Å². The third kappa shape index (κ3) is 3.85. The van der Waals surface area contributed by atoms with Crippen LogP contribution in [0.5, 0.6) is 0 Å².